The van der Waals surface area contributed by atoms with Crippen LogP contribution in [0.2, 0.25) is 0 Å². The van der Waals surface area contributed by atoms with Gasteiger partial charge in [-0.15, -0.1) is 0 Å². The lowest BCUT2D eigenvalue weighted by atomic mass is 9.96. The topological polar surface area (TPSA) is 12.0 Å². The molecule has 0 fully saturated rings. The van der Waals surface area contributed by atoms with Crippen molar-refractivity contribution in [2.45, 2.75) is 38.4 Å². The van der Waals surface area contributed by atoms with Crippen LogP contribution < -0.4 is 5.32 Å². The molecule has 1 unspecified atom stereocenters. The summed E-state index contributed by atoms with van der Waals surface area (Å²) in [6.45, 7) is 2.03. The molecule has 0 spiro atoms. The fourth-order valence-electron chi connectivity index (χ4n) is 1.92. The van der Waals surface area contributed by atoms with Crippen LogP contribution in [0.3, 0.4) is 0 Å². The van der Waals surface area contributed by atoms with Crippen molar-refractivity contribution in [2.24, 2.45) is 0 Å². The first-order valence-corrected chi connectivity index (χ1v) is 5.84. The molecule has 1 rings (SSSR count). The largest absolute Gasteiger partial charge is 0.416 e. The van der Waals surface area contributed by atoms with Crippen LogP contribution in [-0.4, -0.2) is 7.05 Å². The summed E-state index contributed by atoms with van der Waals surface area (Å²) < 4.78 is 38.5. The van der Waals surface area contributed by atoms with Crippen LogP contribution in [0.5, 0.6) is 0 Å². The Labute approximate surface area is 100 Å². The second-order valence-electron chi connectivity index (χ2n) is 4.07. The van der Waals surface area contributed by atoms with Crippen molar-refractivity contribution in [3.8, 4) is 0 Å². The molecule has 0 aromatic heterocycles. The number of alkyl halides is 3. The minimum absolute atomic E-state index is 0.229. The third kappa shape index (κ3) is 3.73. The van der Waals surface area contributed by atoms with Gasteiger partial charge in [-0.2, -0.15) is 13.2 Å². The van der Waals surface area contributed by atoms with E-state index in [1.165, 1.54) is 6.07 Å². The first kappa shape index (κ1) is 14.0. The van der Waals surface area contributed by atoms with Gasteiger partial charge in [0.25, 0.3) is 0 Å². The van der Waals surface area contributed by atoms with E-state index >= 15 is 0 Å². The molecule has 0 aliphatic rings. The van der Waals surface area contributed by atoms with Crippen molar-refractivity contribution in [1.82, 2.24) is 5.32 Å². The van der Waals surface area contributed by atoms with Gasteiger partial charge in [-0.3, -0.25) is 0 Å². The molecule has 0 amide bonds. The maximum absolute atomic E-state index is 12.8. The van der Waals surface area contributed by atoms with Crippen LogP contribution in [0.1, 0.15) is 43.4 Å². The Morgan fingerprint density at radius 2 is 1.88 bits per heavy atom. The van der Waals surface area contributed by atoms with Gasteiger partial charge in [0, 0.05) is 6.04 Å². The number of hydrogen-bond acceptors (Lipinski definition) is 1. The van der Waals surface area contributed by atoms with Gasteiger partial charge in [-0.1, -0.05) is 38.0 Å². The molecule has 1 N–H and O–H groups in total. The van der Waals surface area contributed by atoms with Crippen molar-refractivity contribution < 1.29 is 13.2 Å². The van der Waals surface area contributed by atoms with Gasteiger partial charge in [0.05, 0.1) is 5.56 Å². The Kier molecular flexibility index (Phi) is 5.00. The van der Waals surface area contributed by atoms with Gasteiger partial charge >= 0.3 is 6.18 Å². The van der Waals surface area contributed by atoms with Gasteiger partial charge in [0.2, 0.25) is 0 Å². The molecule has 1 nitrogen and oxygen atoms in total. The van der Waals surface area contributed by atoms with Crippen molar-refractivity contribution in [1.29, 1.82) is 0 Å². The van der Waals surface area contributed by atoms with E-state index in [0.29, 0.717) is 5.56 Å². The molecule has 0 radical (unpaired) electrons. The molecule has 1 aromatic carbocycles. The maximum Gasteiger partial charge on any atom is 0.416 e. The predicted octanol–water partition coefficient (Wildman–Crippen LogP) is 4.16. The molecule has 0 heterocycles. The van der Waals surface area contributed by atoms with E-state index in [4.69, 9.17) is 0 Å². The average molecular weight is 245 g/mol. The number of rotatable bonds is 5. The van der Waals surface area contributed by atoms with Crippen molar-refractivity contribution in [3.63, 3.8) is 0 Å². The lowest BCUT2D eigenvalue weighted by Crippen LogP contribution is -2.20. The zero-order valence-corrected chi connectivity index (χ0v) is 10.1. The fraction of sp³-hybridized carbons (Fsp3) is 0.538. The minimum atomic E-state index is -4.28. The Bertz CT molecular complexity index is 347. The molecule has 1 atom stereocenters. The van der Waals surface area contributed by atoms with E-state index in [1.807, 2.05) is 6.92 Å². The summed E-state index contributed by atoms with van der Waals surface area (Å²) in [5, 5.41) is 2.97. The Balaban J connectivity index is 3.02. The maximum atomic E-state index is 12.8. The predicted molar refractivity (Wildman–Crippen MR) is 62.8 cm³/mol. The summed E-state index contributed by atoms with van der Waals surface area (Å²) in [6.07, 6.45) is -1.66. The molecule has 0 saturated carbocycles. The number of nitrogens with one attached hydrogen (secondary N) is 1. The highest BCUT2D eigenvalue weighted by atomic mass is 19.4. The van der Waals surface area contributed by atoms with Gasteiger partial charge < -0.3 is 5.32 Å². The number of hydrogen-bond donors (Lipinski definition) is 1. The van der Waals surface area contributed by atoms with E-state index in [2.05, 4.69) is 5.32 Å². The van der Waals surface area contributed by atoms with Crippen LogP contribution in [0.4, 0.5) is 13.2 Å². The van der Waals surface area contributed by atoms with Crippen LogP contribution >= 0.6 is 0 Å². The molecule has 4 heteroatoms. The molecule has 0 aliphatic carbocycles. The molecular formula is C13H18F3N. The summed E-state index contributed by atoms with van der Waals surface area (Å²) in [5.74, 6) is 0. The van der Waals surface area contributed by atoms with Crippen LogP contribution in [-0.2, 0) is 6.18 Å². The van der Waals surface area contributed by atoms with E-state index in [0.717, 1.165) is 25.3 Å². The Morgan fingerprint density at radius 3 is 2.41 bits per heavy atom. The van der Waals surface area contributed by atoms with Gasteiger partial charge in [0.1, 0.15) is 0 Å². The first-order chi connectivity index (χ1) is 8.00. The highest BCUT2D eigenvalue weighted by Crippen LogP contribution is 2.35. The summed E-state index contributed by atoms with van der Waals surface area (Å²) in [5.41, 5.74) is -0.189. The monoisotopic (exact) mass is 245 g/mol. The summed E-state index contributed by atoms with van der Waals surface area (Å²) >= 11 is 0. The summed E-state index contributed by atoms with van der Waals surface area (Å²) in [6, 6.07) is 5.55. The number of halogens is 3. The van der Waals surface area contributed by atoms with Gasteiger partial charge in [0.15, 0.2) is 0 Å². The standard InChI is InChI=1S/C13H18F3N/c1-3-4-9-12(17-2)10-7-5-6-8-11(10)13(14,15)16/h5-8,12,17H,3-4,9H2,1-2H3. The zero-order chi connectivity index (χ0) is 12.9. The van der Waals surface area contributed by atoms with Crippen molar-refractivity contribution >= 4 is 0 Å². The molecule has 0 bridgehead atoms. The second kappa shape index (κ2) is 6.05. The highest BCUT2D eigenvalue weighted by molar-refractivity contribution is 5.32. The molecule has 0 aliphatic heterocycles. The minimum Gasteiger partial charge on any atom is -0.313 e. The first-order valence-electron chi connectivity index (χ1n) is 5.84. The number of benzene rings is 1. The Hall–Kier alpha value is -1.03. The normalized spacial score (nSPS) is 13.7. The molecule has 17 heavy (non-hydrogen) atoms. The summed E-state index contributed by atoms with van der Waals surface area (Å²) in [7, 11) is 1.70. The zero-order valence-electron chi connectivity index (χ0n) is 10.1. The Morgan fingerprint density at radius 1 is 1.24 bits per heavy atom. The van der Waals surface area contributed by atoms with Crippen LogP contribution in [0.15, 0.2) is 24.3 Å². The van der Waals surface area contributed by atoms with Gasteiger partial charge in [-0.05, 0) is 25.1 Å². The molecule has 1 aromatic rings. The van der Waals surface area contributed by atoms with Crippen LogP contribution in [0, 0.1) is 0 Å². The van der Waals surface area contributed by atoms with E-state index in [-0.39, 0.29) is 6.04 Å². The quantitative estimate of drug-likeness (QED) is 0.821. The van der Waals surface area contributed by atoms with Gasteiger partial charge in [-0.25, -0.2) is 0 Å². The van der Waals surface area contributed by atoms with E-state index in [9.17, 15) is 13.2 Å². The molecule has 96 valence electrons. The van der Waals surface area contributed by atoms with Crippen molar-refractivity contribution in [2.75, 3.05) is 7.05 Å². The second-order valence-corrected chi connectivity index (χ2v) is 4.07. The van der Waals surface area contributed by atoms with E-state index < -0.39 is 11.7 Å². The fourth-order valence-corrected chi connectivity index (χ4v) is 1.92. The van der Waals surface area contributed by atoms with Crippen LogP contribution in [0.25, 0.3) is 0 Å². The molecule has 0 saturated heterocycles. The lowest BCUT2D eigenvalue weighted by Gasteiger charge is -2.21. The van der Waals surface area contributed by atoms with E-state index in [1.54, 1.807) is 19.2 Å². The highest BCUT2D eigenvalue weighted by Gasteiger charge is 2.34. The SMILES string of the molecule is CCCCC(NC)c1ccccc1C(F)(F)F. The van der Waals surface area contributed by atoms with Crippen molar-refractivity contribution in [3.05, 3.63) is 35.4 Å². The smallest absolute Gasteiger partial charge is 0.313 e. The third-order valence-electron chi connectivity index (χ3n) is 2.84. The summed E-state index contributed by atoms with van der Waals surface area (Å²) in [4.78, 5) is 0. The average Bonchev–Trinajstić information content (AvgIpc) is 2.29. The molecular weight excluding hydrogens is 227 g/mol. The third-order valence-corrected chi connectivity index (χ3v) is 2.84. The number of unbranched alkanes of at least 4 members (excludes halogenated alkanes) is 1. The lowest BCUT2D eigenvalue weighted by molar-refractivity contribution is -0.138.